The van der Waals surface area contributed by atoms with Crippen LogP contribution < -0.4 is 0 Å². The van der Waals surface area contributed by atoms with E-state index in [0.29, 0.717) is 11.8 Å². The first-order valence-electron chi connectivity index (χ1n) is 2.41. The summed E-state index contributed by atoms with van der Waals surface area (Å²) in [5.74, 6) is 0. The number of rotatable bonds is 2. The number of thiocarbonyl (C=S) groups is 1. The average molecular weight is 133 g/mol. The third-order valence-electron chi connectivity index (χ3n) is 0.526. The quantitative estimate of drug-likeness (QED) is 0.409. The van der Waals surface area contributed by atoms with Crippen molar-refractivity contribution in [2.75, 3.05) is 20.8 Å². The molecule has 48 valence electrons. The van der Waals surface area contributed by atoms with Crippen LogP contribution in [0.2, 0.25) is 0 Å². The highest BCUT2D eigenvalue weighted by molar-refractivity contribution is 7.80. The van der Waals surface area contributed by atoms with E-state index in [-0.39, 0.29) is 0 Å². The molecule has 0 N–H and O–H groups in total. The van der Waals surface area contributed by atoms with Gasteiger partial charge >= 0.3 is 0 Å². The first-order valence-corrected chi connectivity index (χ1v) is 2.82. The van der Waals surface area contributed by atoms with E-state index in [1.54, 1.807) is 6.92 Å². The van der Waals surface area contributed by atoms with Crippen molar-refractivity contribution in [1.29, 1.82) is 0 Å². The summed E-state index contributed by atoms with van der Waals surface area (Å²) in [5.41, 5.74) is 0. The summed E-state index contributed by atoms with van der Waals surface area (Å²) in [6.45, 7) is 2.34. The summed E-state index contributed by atoms with van der Waals surface area (Å²) in [6, 6.07) is 0. The molecule has 0 saturated heterocycles. The fourth-order valence-corrected chi connectivity index (χ4v) is 0.273. The Morgan fingerprint density at radius 2 is 2.12 bits per heavy atom. The van der Waals surface area contributed by atoms with E-state index in [1.165, 1.54) is 0 Å². The van der Waals surface area contributed by atoms with E-state index in [0.717, 1.165) is 0 Å². The Morgan fingerprint density at radius 1 is 1.62 bits per heavy atom. The Bertz CT molecular complexity index is 82.5. The monoisotopic (exact) mass is 133 g/mol. The molecule has 0 aliphatic carbocycles. The molecule has 0 saturated carbocycles. The molecule has 0 atom stereocenters. The topological polar surface area (TPSA) is 12.5 Å². The molecule has 0 heterocycles. The van der Waals surface area contributed by atoms with Crippen molar-refractivity contribution >= 4 is 17.3 Å². The highest BCUT2D eigenvalue weighted by atomic mass is 32.1. The van der Waals surface area contributed by atoms with Gasteiger partial charge in [-0.05, 0) is 26.3 Å². The van der Waals surface area contributed by atoms with E-state index in [4.69, 9.17) is 4.74 Å². The van der Waals surface area contributed by atoms with Crippen LogP contribution >= 0.6 is 12.2 Å². The second-order valence-corrected chi connectivity index (χ2v) is 2.42. The summed E-state index contributed by atoms with van der Waals surface area (Å²) in [5, 5.41) is 0.596. The molecule has 0 radical (unpaired) electrons. The maximum atomic E-state index is 4.96. The number of hydrogen-bond acceptors (Lipinski definition) is 3. The van der Waals surface area contributed by atoms with Crippen molar-refractivity contribution in [2.24, 2.45) is 0 Å². The lowest BCUT2D eigenvalue weighted by atomic mass is 10.8. The molecule has 0 bridgehead atoms. The highest BCUT2D eigenvalue weighted by Crippen LogP contribution is 1.80. The van der Waals surface area contributed by atoms with Crippen LogP contribution in [-0.2, 0) is 4.74 Å². The van der Waals surface area contributed by atoms with Gasteiger partial charge in [-0.1, -0.05) is 0 Å². The maximum absolute atomic E-state index is 4.96. The van der Waals surface area contributed by atoms with Crippen molar-refractivity contribution in [3.05, 3.63) is 0 Å². The van der Waals surface area contributed by atoms with Crippen LogP contribution in [0.1, 0.15) is 6.92 Å². The van der Waals surface area contributed by atoms with Gasteiger partial charge in [-0.15, -0.1) is 0 Å². The van der Waals surface area contributed by atoms with Gasteiger partial charge in [-0.2, -0.15) is 0 Å². The van der Waals surface area contributed by atoms with Gasteiger partial charge in [0.05, 0.1) is 0 Å². The molecule has 0 amide bonds. The third kappa shape index (κ3) is 5.85. The summed E-state index contributed by atoms with van der Waals surface area (Å²) in [7, 11) is 3.86. The first kappa shape index (κ1) is 7.85. The molecule has 0 spiro atoms. The fraction of sp³-hybridized carbons (Fsp3) is 0.800. The Kier molecular flexibility index (Phi) is 3.73. The number of hydrogen-bond donors (Lipinski definition) is 0. The van der Waals surface area contributed by atoms with Crippen LogP contribution in [0.15, 0.2) is 0 Å². The van der Waals surface area contributed by atoms with Gasteiger partial charge in [0.15, 0.2) is 5.05 Å². The number of nitrogens with zero attached hydrogens (tertiary/aromatic N) is 1. The zero-order valence-electron chi connectivity index (χ0n) is 5.47. The lowest BCUT2D eigenvalue weighted by molar-refractivity contribution is 0.172. The Hall–Kier alpha value is -0.150. The SMILES string of the molecule is CC(=S)OCN(C)C. The zero-order chi connectivity index (χ0) is 6.57. The molecule has 0 aromatic heterocycles. The molecule has 8 heavy (non-hydrogen) atoms. The van der Waals surface area contributed by atoms with Crippen LogP contribution in [0.5, 0.6) is 0 Å². The van der Waals surface area contributed by atoms with Gasteiger partial charge in [0.1, 0.15) is 6.73 Å². The zero-order valence-corrected chi connectivity index (χ0v) is 6.29. The largest absolute Gasteiger partial charge is 0.472 e. The standard InChI is InChI=1S/C5H11NOS/c1-5(8)7-4-6(2)3/h4H2,1-3H3. The maximum Gasteiger partial charge on any atom is 0.158 e. The molecule has 3 heteroatoms. The summed E-state index contributed by atoms with van der Waals surface area (Å²) >= 11 is 4.67. The normalized spacial score (nSPS) is 9.50. The van der Waals surface area contributed by atoms with E-state index < -0.39 is 0 Å². The van der Waals surface area contributed by atoms with Gasteiger partial charge < -0.3 is 4.74 Å². The Balaban J connectivity index is 3.05. The number of ether oxygens (including phenoxy) is 1. The van der Waals surface area contributed by atoms with Crippen molar-refractivity contribution in [3.8, 4) is 0 Å². The summed E-state index contributed by atoms with van der Waals surface area (Å²) in [6.07, 6.45) is 0. The van der Waals surface area contributed by atoms with Crippen LogP contribution in [0.4, 0.5) is 0 Å². The van der Waals surface area contributed by atoms with Crippen LogP contribution in [-0.4, -0.2) is 30.8 Å². The minimum atomic E-state index is 0.579. The molecule has 0 fully saturated rings. The van der Waals surface area contributed by atoms with Crippen molar-refractivity contribution in [1.82, 2.24) is 4.90 Å². The molecular weight excluding hydrogens is 122 g/mol. The molecule has 2 nitrogen and oxygen atoms in total. The lowest BCUT2D eigenvalue weighted by Gasteiger charge is -2.09. The lowest BCUT2D eigenvalue weighted by Crippen LogP contribution is -2.17. The van der Waals surface area contributed by atoms with E-state index in [1.807, 2.05) is 19.0 Å². The van der Waals surface area contributed by atoms with Gasteiger partial charge in [-0.25, -0.2) is 0 Å². The predicted octanol–water partition coefficient (Wildman–Crippen LogP) is 0.869. The summed E-state index contributed by atoms with van der Waals surface area (Å²) < 4.78 is 4.96. The molecule has 0 aromatic rings. The van der Waals surface area contributed by atoms with Crippen LogP contribution in [0.3, 0.4) is 0 Å². The Labute approximate surface area is 55.4 Å². The minimum absolute atomic E-state index is 0.579. The van der Waals surface area contributed by atoms with E-state index >= 15 is 0 Å². The third-order valence-corrected chi connectivity index (χ3v) is 0.644. The molecular formula is C5H11NOS. The van der Waals surface area contributed by atoms with Gasteiger partial charge in [0.2, 0.25) is 0 Å². The fourth-order valence-electron chi connectivity index (χ4n) is 0.220. The second-order valence-electron chi connectivity index (χ2n) is 1.84. The van der Waals surface area contributed by atoms with Crippen LogP contribution in [0, 0.1) is 0 Å². The molecule has 0 unspecified atom stereocenters. The predicted molar refractivity (Wildman–Crippen MR) is 37.9 cm³/mol. The smallest absolute Gasteiger partial charge is 0.158 e. The second kappa shape index (κ2) is 3.80. The van der Waals surface area contributed by atoms with Crippen molar-refractivity contribution in [2.45, 2.75) is 6.92 Å². The molecule has 0 rings (SSSR count). The molecule has 0 aliphatic rings. The molecule has 0 aromatic carbocycles. The van der Waals surface area contributed by atoms with Crippen LogP contribution in [0.25, 0.3) is 0 Å². The van der Waals surface area contributed by atoms with E-state index in [9.17, 15) is 0 Å². The first-order chi connectivity index (χ1) is 3.63. The highest BCUT2D eigenvalue weighted by Gasteiger charge is 1.87. The Morgan fingerprint density at radius 3 is 2.25 bits per heavy atom. The molecule has 0 aliphatic heterocycles. The van der Waals surface area contributed by atoms with E-state index in [2.05, 4.69) is 12.2 Å². The summed E-state index contributed by atoms with van der Waals surface area (Å²) in [4.78, 5) is 1.91. The van der Waals surface area contributed by atoms with Gasteiger partial charge in [-0.3, -0.25) is 4.90 Å². The minimum Gasteiger partial charge on any atom is -0.472 e. The van der Waals surface area contributed by atoms with Crippen molar-refractivity contribution < 1.29 is 4.74 Å². The van der Waals surface area contributed by atoms with Crippen molar-refractivity contribution in [3.63, 3.8) is 0 Å². The van der Waals surface area contributed by atoms with Gasteiger partial charge in [0.25, 0.3) is 0 Å². The van der Waals surface area contributed by atoms with Gasteiger partial charge in [0, 0.05) is 6.92 Å². The average Bonchev–Trinajstić information content (AvgIpc) is 1.61.